The van der Waals surface area contributed by atoms with E-state index in [1.807, 2.05) is 21.0 Å². The molecule has 5 heteroatoms. The molecule has 1 aromatic rings. The monoisotopic (exact) mass is 282 g/mol. The number of aliphatic hydroxyl groups is 1. The lowest BCUT2D eigenvalue weighted by Crippen LogP contribution is -2.42. The molecule has 0 aromatic heterocycles. The standard InChI is InChI=1S/C15H23FN2O2/c1-4-9-18(10-11-19)15(20)14(17(2)3)12-5-7-13(16)8-6-12/h5-8,14,19H,4,9-11H2,1-3H3/t14-/m1/s1. The third-order valence-electron chi connectivity index (χ3n) is 3.11. The van der Waals surface area contributed by atoms with Crippen LogP contribution in [0, 0.1) is 5.82 Å². The van der Waals surface area contributed by atoms with Crippen LogP contribution in [-0.4, -0.2) is 54.6 Å². The Kier molecular flexibility index (Phi) is 6.61. The Labute approximate surface area is 119 Å². The van der Waals surface area contributed by atoms with Crippen LogP contribution in [0.4, 0.5) is 4.39 Å². The fourth-order valence-electron chi connectivity index (χ4n) is 2.20. The molecule has 0 saturated carbocycles. The molecule has 0 radical (unpaired) electrons. The summed E-state index contributed by atoms with van der Waals surface area (Å²) in [5.41, 5.74) is 0.750. The smallest absolute Gasteiger partial charge is 0.244 e. The summed E-state index contributed by atoms with van der Waals surface area (Å²) in [7, 11) is 3.63. The van der Waals surface area contributed by atoms with Crippen LogP contribution in [-0.2, 0) is 4.79 Å². The van der Waals surface area contributed by atoms with Crippen LogP contribution in [0.25, 0.3) is 0 Å². The summed E-state index contributed by atoms with van der Waals surface area (Å²) in [5.74, 6) is -0.392. The molecule has 0 spiro atoms. The molecule has 4 nitrogen and oxygen atoms in total. The quantitative estimate of drug-likeness (QED) is 0.827. The largest absolute Gasteiger partial charge is 0.395 e. The predicted octanol–water partition coefficient (Wildman–Crippen LogP) is 1.66. The van der Waals surface area contributed by atoms with E-state index in [0.29, 0.717) is 13.1 Å². The van der Waals surface area contributed by atoms with E-state index in [4.69, 9.17) is 5.11 Å². The first kappa shape index (κ1) is 16.6. The lowest BCUT2D eigenvalue weighted by molar-refractivity contribution is -0.137. The summed E-state index contributed by atoms with van der Waals surface area (Å²) in [4.78, 5) is 16.1. The molecule has 0 aliphatic heterocycles. The van der Waals surface area contributed by atoms with Gasteiger partial charge in [-0.25, -0.2) is 4.39 Å². The third-order valence-corrected chi connectivity index (χ3v) is 3.11. The van der Waals surface area contributed by atoms with Gasteiger partial charge in [0.2, 0.25) is 5.91 Å². The van der Waals surface area contributed by atoms with Crippen molar-refractivity contribution in [1.29, 1.82) is 0 Å². The lowest BCUT2D eigenvalue weighted by atomic mass is 10.0. The van der Waals surface area contributed by atoms with Gasteiger partial charge in [-0.1, -0.05) is 19.1 Å². The van der Waals surface area contributed by atoms with Gasteiger partial charge in [0.05, 0.1) is 6.61 Å². The zero-order chi connectivity index (χ0) is 15.1. The molecular weight excluding hydrogens is 259 g/mol. The maximum absolute atomic E-state index is 13.0. The Hall–Kier alpha value is -1.46. The highest BCUT2D eigenvalue weighted by Crippen LogP contribution is 2.21. The molecule has 0 unspecified atom stereocenters. The Morgan fingerprint density at radius 2 is 1.85 bits per heavy atom. The number of hydrogen-bond acceptors (Lipinski definition) is 3. The second kappa shape index (κ2) is 7.97. The molecule has 1 atom stereocenters. The van der Waals surface area contributed by atoms with E-state index in [0.717, 1.165) is 12.0 Å². The number of nitrogens with zero attached hydrogens (tertiary/aromatic N) is 2. The molecule has 1 amide bonds. The first-order chi connectivity index (χ1) is 9.51. The molecule has 20 heavy (non-hydrogen) atoms. The third kappa shape index (κ3) is 4.28. The molecule has 0 aliphatic rings. The van der Waals surface area contributed by atoms with Crippen molar-refractivity contribution >= 4 is 5.91 Å². The highest BCUT2D eigenvalue weighted by Gasteiger charge is 2.27. The van der Waals surface area contributed by atoms with Crippen LogP contribution in [0.3, 0.4) is 0 Å². The minimum Gasteiger partial charge on any atom is -0.395 e. The lowest BCUT2D eigenvalue weighted by Gasteiger charge is -2.30. The Balaban J connectivity index is 2.99. The van der Waals surface area contributed by atoms with Gasteiger partial charge in [-0.05, 0) is 38.2 Å². The number of carbonyl (C=O) groups is 1. The van der Waals surface area contributed by atoms with Gasteiger partial charge in [-0.15, -0.1) is 0 Å². The fraction of sp³-hybridized carbons (Fsp3) is 0.533. The first-order valence-electron chi connectivity index (χ1n) is 6.82. The number of carbonyl (C=O) groups excluding carboxylic acids is 1. The summed E-state index contributed by atoms with van der Waals surface area (Å²) in [6.07, 6.45) is 0.829. The Morgan fingerprint density at radius 1 is 1.25 bits per heavy atom. The fourth-order valence-corrected chi connectivity index (χ4v) is 2.20. The Morgan fingerprint density at radius 3 is 2.30 bits per heavy atom. The number of amides is 1. The number of benzene rings is 1. The van der Waals surface area contributed by atoms with Crippen LogP contribution in [0.15, 0.2) is 24.3 Å². The minimum absolute atomic E-state index is 0.0602. The normalized spacial score (nSPS) is 12.5. The van der Waals surface area contributed by atoms with Gasteiger partial charge < -0.3 is 10.0 Å². The van der Waals surface area contributed by atoms with Crippen molar-refractivity contribution in [3.63, 3.8) is 0 Å². The van der Waals surface area contributed by atoms with Gasteiger partial charge in [-0.3, -0.25) is 9.69 Å². The topological polar surface area (TPSA) is 43.8 Å². The second-order valence-electron chi connectivity index (χ2n) is 4.97. The van der Waals surface area contributed by atoms with Gasteiger partial charge in [0.1, 0.15) is 11.9 Å². The molecule has 1 N–H and O–H groups in total. The highest BCUT2D eigenvalue weighted by molar-refractivity contribution is 5.83. The van der Waals surface area contributed by atoms with Gasteiger partial charge in [-0.2, -0.15) is 0 Å². The molecule has 0 saturated heterocycles. The molecule has 0 bridgehead atoms. The molecule has 112 valence electrons. The number of aliphatic hydroxyl groups excluding tert-OH is 1. The Bertz CT molecular complexity index is 414. The van der Waals surface area contributed by atoms with E-state index in [1.165, 1.54) is 12.1 Å². The second-order valence-corrected chi connectivity index (χ2v) is 4.97. The maximum atomic E-state index is 13.0. The van der Waals surface area contributed by atoms with Crippen molar-refractivity contribution in [3.05, 3.63) is 35.6 Å². The van der Waals surface area contributed by atoms with Gasteiger partial charge in [0.25, 0.3) is 0 Å². The van der Waals surface area contributed by atoms with Crippen molar-refractivity contribution in [2.24, 2.45) is 0 Å². The van der Waals surface area contributed by atoms with Gasteiger partial charge in [0.15, 0.2) is 0 Å². The highest BCUT2D eigenvalue weighted by atomic mass is 19.1. The molecule has 1 aromatic carbocycles. The summed E-state index contributed by atoms with van der Waals surface area (Å²) in [5, 5.41) is 9.08. The van der Waals surface area contributed by atoms with Gasteiger partial charge >= 0.3 is 0 Å². The average Bonchev–Trinajstić information content (AvgIpc) is 2.40. The van der Waals surface area contributed by atoms with Crippen LogP contribution < -0.4 is 0 Å². The number of likely N-dealkylation sites (N-methyl/N-ethyl adjacent to an activating group) is 1. The maximum Gasteiger partial charge on any atom is 0.244 e. The van der Waals surface area contributed by atoms with E-state index in [1.54, 1.807) is 21.9 Å². The van der Waals surface area contributed by atoms with Crippen LogP contribution in [0.5, 0.6) is 0 Å². The average molecular weight is 282 g/mol. The molecule has 1 rings (SSSR count). The SMILES string of the molecule is CCCN(CCO)C(=O)[C@@H](c1ccc(F)cc1)N(C)C. The summed E-state index contributed by atoms with van der Waals surface area (Å²) >= 11 is 0. The van der Waals surface area contributed by atoms with Crippen molar-refractivity contribution < 1.29 is 14.3 Å². The van der Waals surface area contributed by atoms with E-state index in [-0.39, 0.29) is 18.3 Å². The number of rotatable bonds is 7. The van der Waals surface area contributed by atoms with Crippen LogP contribution in [0.1, 0.15) is 24.9 Å². The zero-order valence-electron chi connectivity index (χ0n) is 12.3. The summed E-state index contributed by atoms with van der Waals surface area (Å²) in [6.45, 7) is 2.85. The van der Waals surface area contributed by atoms with E-state index < -0.39 is 6.04 Å². The predicted molar refractivity (Wildman–Crippen MR) is 76.8 cm³/mol. The molecule has 0 heterocycles. The van der Waals surface area contributed by atoms with Crippen LogP contribution >= 0.6 is 0 Å². The summed E-state index contributed by atoms with van der Waals surface area (Å²) in [6, 6.07) is 5.50. The summed E-state index contributed by atoms with van der Waals surface area (Å²) < 4.78 is 13.0. The van der Waals surface area contributed by atoms with E-state index in [9.17, 15) is 9.18 Å². The van der Waals surface area contributed by atoms with E-state index in [2.05, 4.69) is 0 Å². The number of hydrogen-bond donors (Lipinski definition) is 1. The van der Waals surface area contributed by atoms with Crippen molar-refractivity contribution in [2.45, 2.75) is 19.4 Å². The van der Waals surface area contributed by atoms with Crippen LogP contribution in [0.2, 0.25) is 0 Å². The number of halogens is 1. The zero-order valence-corrected chi connectivity index (χ0v) is 12.3. The van der Waals surface area contributed by atoms with Crippen molar-refractivity contribution in [2.75, 3.05) is 33.8 Å². The molecule has 0 fully saturated rings. The van der Waals surface area contributed by atoms with Crippen molar-refractivity contribution in [3.8, 4) is 0 Å². The molecular formula is C15H23FN2O2. The van der Waals surface area contributed by atoms with Gasteiger partial charge in [0, 0.05) is 13.1 Å². The molecule has 0 aliphatic carbocycles. The first-order valence-corrected chi connectivity index (χ1v) is 6.82. The van der Waals surface area contributed by atoms with E-state index >= 15 is 0 Å². The minimum atomic E-state index is -0.464. The van der Waals surface area contributed by atoms with Crippen molar-refractivity contribution in [1.82, 2.24) is 9.80 Å².